The van der Waals surface area contributed by atoms with Crippen molar-refractivity contribution in [1.29, 1.82) is 0 Å². The first-order valence-electron chi connectivity index (χ1n) is 5.80. The topological polar surface area (TPSA) is 46.2 Å². The van der Waals surface area contributed by atoms with Crippen LogP contribution in [-0.4, -0.2) is 16.7 Å². The summed E-state index contributed by atoms with van der Waals surface area (Å²) in [6.07, 6.45) is 4.37. The first-order chi connectivity index (χ1) is 7.57. The summed E-state index contributed by atoms with van der Waals surface area (Å²) < 4.78 is 1.06. The zero-order valence-electron chi connectivity index (χ0n) is 9.32. The summed E-state index contributed by atoms with van der Waals surface area (Å²) in [6.45, 7) is 0. The molecule has 0 aliphatic heterocycles. The van der Waals surface area contributed by atoms with E-state index >= 15 is 0 Å². The minimum absolute atomic E-state index is 0.158. The van der Waals surface area contributed by atoms with E-state index in [4.69, 9.17) is 5.73 Å². The fraction of sp³-hybridized carbons (Fsp3) is 0.538. The zero-order valence-corrected chi connectivity index (χ0v) is 10.9. The Morgan fingerprint density at radius 3 is 3.00 bits per heavy atom. The van der Waals surface area contributed by atoms with Gasteiger partial charge >= 0.3 is 0 Å². The largest absolute Gasteiger partial charge is 0.389 e. The summed E-state index contributed by atoms with van der Waals surface area (Å²) >= 11 is 3.45. The molecule has 1 saturated carbocycles. The van der Waals surface area contributed by atoms with Crippen LogP contribution >= 0.6 is 15.9 Å². The molecule has 0 heterocycles. The number of rotatable bonds is 2. The lowest BCUT2D eigenvalue weighted by Crippen LogP contribution is -2.42. The van der Waals surface area contributed by atoms with E-state index in [0.29, 0.717) is 6.42 Å². The summed E-state index contributed by atoms with van der Waals surface area (Å²) in [4.78, 5) is 0. The van der Waals surface area contributed by atoms with E-state index in [0.717, 1.165) is 30.2 Å². The van der Waals surface area contributed by atoms with Crippen molar-refractivity contribution < 1.29 is 5.11 Å². The Hall–Kier alpha value is -0.380. The summed E-state index contributed by atoms with van der Waals surface area (Å²) in [5, 5.41) is 10.5. The van der Waals surface area contributed by atoms with Gasteiger partial charge in [-0.05, 0) is 43.4 Å². The van der Waals surface area contributed by atoms with Crippen molar-refractivity contribution in [1.82, 2.24) is 0 Å². The van der Waals surface area contributed by atoms with Gasteiger partial charge < -0.3 is 10.8 Å². The number of hydrogen-bond donors (Lipinski definition) is 2. The monoisotopic (exact) mass is 283 g/mol. The molecule has 1 fully saturated rings. The van der Waals surface area contributed by atoms with Crippen LogP contribution in [0.3, 0.4) is 0 Å². The standard InChI is InChI=1S/C13H18BrNO/c14-11-4-1-3-10(7-11)8-13(16)6-2-5-12(15)9-13/h1,3-4,7,12,16H,2,5-6,8-9,15H2. The second kappa shape index (κ2) is 4.86. The minimum atomic E-state index is -0.599. The quantitative estimate of drug-likeness (QED) is 0.877. The van der Waals surface area contributed by atoms with Crippen molar-refractivity contribution in [3.63, 3.8) is 0 Å². The third-order valence-electron chi connectivity index (χ3n) is 3.28. The fourth-order valence-corrected chi connectivity index (χ4v) is 3.02. The molecule has 2 rings (SSSR count). The summed E-state index contributed by atoms with van der Waals surface area (Å²) in [7, 11) is 0. The van der Waals surface area contributed by atoms with Gasteiger partial charge in [0.25, 0.3) is 0 Å². The van der Waals surface area contributed by atoms with Crippen LogP contribution in [0.25, 0.3) is 0 Å². The second-order valence-corrected chi connectivity index (χ2v) is 5.80. The molecule has 0 radical (unpaired) electrons. The molecular formula is C13H18BrNO. The number of halogens is 1. The van der Waals surface area contributed by atoms with Crippen LogP contribution in [0.5, 0.6) is 0 Å². The highest BCUT2D eigenvalue weighted by atomic mass is 79.9. The molecule has 2 nitrogen and oxygen atoms in total. The van der Waals surface area contributed by atoms with Crippen LogP contribution in [0, 0.1) is 0 Å². The molecule has 2 atom stereocenters. The van der Waals surface area contributed by atoms with Gasteiger partial charge in [-0.3, -0.25) is 0 Å². The lowest BCUT2D eigenvalue weighted by molar-refractivity contribution is -0.00191. The minimum Gasteiger partial charge on any atom is -0.389 e. The molecule has 16 heavy (non-hydrogen) atoms. The molecule has 0 saturated heterocycles. The molecule has 1 aromatic carbocycles. The molecule has 1 aliphatic rings. The van der Waals surface area contributed by atoms with E-state index in [9.17, 15) is 5.11 Å². The Balaban J connectivity index is 2.08. The van der Waals surface area contributed by atoms with Crippen molar-refractivity contribution in [3.8, 4) is 0 Å². The highest BCUT2D eigenvalue weighted by Crippen LogP contribution is 2.31. The van der Waals surface area contributed by atoms with Crippen LogP contribution in [0.4, 0.5) is 0 Å². The fourth-order valence-electron chi connectivity index (χ4n) is 2.57. The molecule has 0 aromatic heterocycles. The van der Waals surface area contributed by atoms with Crippen LogP contribution in [0.1, 0.15) is 31.2 Å². The maximum Gasteiger partial charge on any atom is 0.0702 e. The van der Waals surface area contributed by atoms with Gasteiger partial charge in [0.05, 0.1) is 5.60 Å². The molecule has 0 spiro atoms. The van der Waals surface area contributed by atoms with Gasteiger partial charge in [-0.2, -0.15) is 0 Å². The Morgan fingerprint density at radius 1 is 1.50 bits per heavy atom. The van der Waals surface area contributed by atoms with Gasteiger partial charge in [-0.15, -0.1) is 0 Å². The predicted molar refractivity (Wildman–Crippen MR) is 69.2 cm³/mol. The zero-order chi connectivity index (χ0) is 11.6. The Labute approximate surface area is 105 Å². The number of nitrogens with two attached hydrogens (primary N) is 1. The molecule has 88 valence electrons. The highest BCUT2D eigenvalue weighted by molar-refractivity contribution is 9.10. The Morgan fingerprint density at radius 2 is 2.31 bits per heavy atom. The van der Waals surface area contributed by atoms with Gasteiger partial charge in [0.2, 0.25) is 0 Å². The maximum absolute atomic E-state index is 10.5. The van der Waals surface area contributed by atoms with Crippen LogP contribution < -0.4 is 5.73 Å². The average Bonchev–Trinajstić information content (AvgIpc) is 2.16. The van der Waals surface area contributed by atoms with Crippen molar-refractivity contribution in [3.05, 3.63) is 34.3 Å². The summed E-state index contributed by atoms with van der Waals surface area (Å²) in [5.74, 6) is 0. The molecule has 1 aliphatic carbocycles. The average molecular weight is 284 g/mol. The highest BCUT2D eigenvalue weighted by Gasteiger charge is 2.32. The summed E-state index contributed by atoms with van der Waals surface area (Å²) in [5.41, 5.74) is 6.50. The van der Waals surface area contributed by atoms with Crippen molar-refractivity contribution in [2.24, 2.45) is 5.73 Å². The SMILES string of the molecule is NC1CCCC(O)(Cc2cccc(Br)c2)C1. The second-order valence-electron chi connectivity index (χ2n) is 4.89. The predicted octanol–water partition coefficient (Wildman–Crippen LogP) is 2.62. The molecule has 1 aromatic rings. The van der Waals surface area contributed by atoms with Gasteiger partial charge in [-0.25, -0.2) is 0 Å². The van der Waals surface area contributed by atoms with E-state index in [1.54, 1.807) is 0 Å². The van der Waals surface area contributed by atoms with Crippen LogP contribution in [0.15, 0.2) is 28.7 Å². The first kappa shape index (κ1) is 12.1. The van der Waals surface area contributed by atoms with Gasteiger partial charge in [0, 0.05) is 16.9 Å². The van der Waals surface area contributed by atoms with Crippen molar-refractivity contribution in [2.75, 3.05) is 0 Å². The van der Waals surface area contributed by atoms with Crippen LogP contribution in [-0.2, 0) is 6.42 Å². The van der Waals surface area contributed by atoms with Crippen LogP contribution in [0.2, 0.25) is 0 Å². The molecule has 0 amide bonds. The molecule has 0 bridgehead atoms. The Bertz CT molecular complexity index is 369. The smallest absolute Gasteiger partial charge is 0.0702 e. The van der Waals surface area contributed by atoms with E-state index in [1.165, 1.54) is 5.56 Å². The lowest BCUT2D eigenvalue weighted by Gasteiger charge is -2.35. The van der Waals surface area contributed by atoms with Gasteiger partial charge in [-0.1, -0.05) is 28.1 Å². The molecule has 2 unspecified atom stereocenters. The third-order valence-corrected chi connectivity index (χ3v) is 3.77. The normalized spacial score (nSPS) is 30.3. The molecule has 3 N–H and O–H groups in total. The lowest BCUT2D eigenvalue weighted by atomic mass is 9.78. The molecule has 3 heteroatoms. The Kier molecular flexibility index (Phi) is 3.67. The molecular weight excluding hydrogens is 266 g/mol. The van der Waals surface area contributed by atoms with E-state index in [1.807, 2.05) is 12.1 Å². The van der Waals surface area contributed by atoms with Gasteiger partial charge in [0.1, 0.15) is 0 Å². The summed E-state index contributed by atoms with van der Waals surface area (Å²) in [6, 6.07) is 8.29. The third kappa shape index (κ3) is 3.06. The number of benzene rings is 1. The number of hydrogen-bond acceptors (Lipinski definition) is 2. The van der Waals surface area contributed by atoms with Crippen molar-refractivity contribution in [2.45, 2.75) is 43.7 Å². The van der Waals surface area contributed by atoms with E-state index < -0.39 is 5.60 Å². The maximum atomic E-state index is 10.5. The number of aliphatic hydroxyl groups is 1. The van der Waals surface area contributed by atoms with E-state index in [-0.39, 0.29) is 6.04 Å². The van der Waals surface area contributed by atoms with Crippen molar-refractivity contribution >= 4 is 15.9 Å². The van der Waals surface area contributed by atoms with E-state index in [2.05, 4.69) is 28.1 Å². The van der Waals surface area contributed by atoms with Gasteiger partial charge in [0.15, 0.2) is 0 Å². The first-order valence-corrected chi connectivity index (χ1v) is 6.59.